The van der Waals surface area contributed by atoms with Gasteiger partial charge in [0.15, 0.2) is 5.16 Å². The van der Waals surface area contributed by atoms with E-state index >= 15 is 0 Å². The van der Waals surface area contributed by atoms with Crippen LogP contribution in [-0.4, -0.2) is 26.3 Å². The Balaban J connectivity index is 1.50. The normalized spacial score (nSPS) is 10.9. The minimum atomic E-state index is -0.496. The summed E-state index contributed by atoms with van der Waals surface area (Å²) in [5, 5.41) is 3.85. The molecule has 0 aliphatic heterocycles. The molecule has 1 aromatic heterocycles. The minimum Gasteiger partial charge on any atom is -0.323 e. The van der Waals surface area contributed by atoms with Crippen LogP contribution in [0.1, 0.15) is 0 Å². The molecule has 32 heavy (non-hydrogen) atoms. The Labute approximate surface area is 190 Å². The second-order valence-corrected chi connectivity index (χ2v) is 8.96. The minimum absolute atomic E-state index is 0.107. The average molecular weight is 470 g/mol. The number of carbonyl (C=O) groups is 1. The Morgan fingerprint density at radius 1 is 0.969 bits per heavy atom. The van der Waals surface area contributed by atoms with Crippen molar-refractivity contribution in [1.29, 1.82) is 0 Å². The lowest BCUT2D eigenvalue weighted by molar-refractivity contribution is -0.113. The van der Waals surface area contributed by atoms with Crippen molar-refractivity contribution in [2.24, 2.45) is 0 Å². The predicted molar refractivity (Wildman–Crippen MR) is 126 cm³/mol. The SMILES string of the molecule is O=C(CSCSc1nc2ccccc2c(=O)n1-c1ccc(F)cc1)Nc1ccccc1F. The number of thioether (sulfide) groups is 2. The summed E-state index contributed by atoms with van der Waals surface area (Å²) in [6, 6.07) is 18.6. The van der Waals surface area contributed by atoms with E-state index in [1.807, 2.05) is 0 Å². The van der Waals surface area contributed by atoms with Gasteiger partial charge in [0, 0.05) is 5.08 Å². The van der Waals surface area contributed by atoms with Gasteiger partial charge in [-0.1, -0.05) is 36.0 Å². The molecule has 0 saturated heterocycles. The Bertz CT molecular complexity index is 1330. The summed E-state index contributed by atoms with van der Waals surface area (Å²) < 4.78 is 28.5. The van der Waals surface area contributed by atoms with Gasteiger partial charge in [-0.15, -0.1) is 11.8 Å². The molecule has 162 valence electrons. The summed E-state index contributed by atoms with van der Waals surface area (Å²) in [6.07, 6.45) is 0. The number of nitrogens with one attached hydrogen (secondary N) is 1. The van der Waals surface area contributed by atoms with Gasteiger partial charge in [0.05, 0.1) is 28.0 Å². The van der Waals surface area contributed by atoms with Gasteiger partial charge in [0.2, 0.25) is 5.91 Å². The number of fused-ring (bicyclic) bond motifs is 1. The number of hydrogen-bond acceptors (Lipinski definition) is 5. The number of carbonyl (C=O) groups excluding carboxylic acids is 1. The van der Waals surface area contributed by atoms with E-state index in [2.05, 4.69) is 10.3 Å². The zero-order valence-electron chi connectivity index (χ0n) is 16.6. The highest BCUT2D eigenvalue weighted by atomic mass is 32.2. The molecule has 0 spiro atoms. The van der Waals surface area contributed by atoms with Crippen molar-refractivity contribution in [3.05, 3.63) is 94.8 Å². The second-order valence-electron chi connectivity index (χ2n) is 6.67. The van der Waals surface area contributed by atoms with Gasteiger partial charge in [-0.05, 0) is 48.5 Å². The van der Waals surface area contributed by atoms with Crippen molar-refractivity contribution in [2.75, 3.05) is 16.2 Å². The maximum absolute atomic E-state index is 13.7. The molecule has 4 rings (SSSR count). The molecule has 4 aromatic rings. The number of amides is 1. The number of rotatable bonds is 7. The second kappa shape index (κ2) is 9.97. The number of aromatic nitrogens is 2. The van der Waals surface area contributed by atoms with Gasteiger partial charge in [-0.2, -0.15) is 0 Å². The molecule has 1 amide bonds. The number of para-hydroxylation sites is 2. The molecular weight excluding hydrogens is 452 g/mol. The van der Waals surface area contributed by atoms with E-state index in [0.29, 0.717) is 26.8 Å². The summed E-state index contributed by atoms with van der Waals surface area (Å²) in [7, 11) is 0. The van der Waals surface area contributed by atoms with Gasteiger partial charge < -0.3 is 5.32 Å². The molecule has 0 bridgehead atoms. The first-order valence-corrected chi connectivity index (χ1v) is 11.7. The Hall–Kier alpha value is -3.17. The van der Waals surface area contributed by atoms with E-state index in [4.69, 9.17) is 0 Å². The van der Waals surface area contributed by atoms with E-state index < -0.39 is 11.6 Å². The lowest BCUT2D eigenvalue weighted by Gasteiger charge is -2.13. The molecule has 0 fully saturated rings. The first-order chi connectivity index (χ1) is 15.5. The lowest BCUT2D eigenvalue weighted by atomic mass is 10.2. The van der Waals surface area contributed by atoms with Crippen LogP contribution in [0.3, 0.4) is 0 Å². The number of hydrogen-bond donors (Lipinski definition) is 1. The van der Waals surface area contributed by atoms with Crippen molar-refractivity contribution in [3.8, 4) is 5.69 Å². The van der Waals surface area contributed by atoms with Gasteiger partial charge in [0.1, 0.15) is 11.6 Å². The zero-order chi connectivity index (χ0) is 22.5. The van der Waals surface area contributed by atoms with Crippen LogP contribution in [0.15, 0.2) is 82.7 Å². The standard InChI is InChI=1S/C23H17F2N3O2S2/c24-15-9-11-16(12-10-15)28-22(30)17-5-1-3-7-19(17)27-23(28)32-14-31-13-21(29)26-20-8-4-2-6-18(20)25/h1-12H,13-14H2,(H,26,29). The van der Waals surface area contributed by atoms with Crippen molar-refractivity contribution >= 4 is 46.0 Å². The van der Waals surface area contributed by atoms with Crippen molar-refractivity contribution in [1.82, 2.24) is 9.55 Å². The molecule has 3 aromatic carbocycles. The highest BCUT2D eigenvalue weighted by Crippen LogP contribution is 2.25. The maximum Gasteiger partial charge on any atom is 0.266 e. The molecule has 0 atom stereocenters. The van der Waals surface area contributed by atoms with Crippen LogP contribution in [0.2, 0.25) is 0 Å². The van der Waals surface area contributed by atoms with Gasteiger partial charge in [0.25, 0.3) is 5.56 Å². The molecule has 9 heteroatoms. The molecular formula is C23H17F2N3O2S2. The molecule has 0 radical (unpaired) electrons. The molecule has 1 N–H and O–H groups in total. The van der Waals surface area contributed by atoms with Crippen LogP contribution in [0.25, 0.3) is 16.6 Å². The number of halogens is 2. The third kappa shape index (κ3) is 5.00. The van der Waals surface area contributed by atoms with Crippen molar-refractivity contribution < 1.29 is 13.6 Å². The third-order valence-corrected chi connectivity index (χ3v) is 6.62. The van der Waals surface area contributed by atoms with E-state index in [1.54, 1.807) is 36.4 Å². The molecule has 0 aliphatic rings. The molecule has 0 unspecified atom stereocenters. The van der Waals surface area contributed by atoms with Gasteiger partial charge in [-0.25, -0.2) is 13.8 Å². The molecule has 0 saturated carbocycles. The average Bonchev–Trinajstić information content (AvgIpc) is 2.79. The quantitative estimate of drug-likeness (QED) is 0.177. The first-order valence-electron chi connectivity index (χ1n) is 9.55. The highest BCUT2D eigenvalue weighted by Gasteiger charge is 2.14. The molecule has 0 aliphatic carbocycles. The maximum atomic E-state index is 13.7. The van der Waals surface area contributed by atoms with Crippen LogP contribution in [0, 0.1) is 11.6 Å². The first kappa shape index (κ1) is 22.0. The fourth-order valence-corrected chi connectivity index (χ4v) is 4.83. The van der Waals surface area contributed by atoms with Crippen LogP contribution in [0.4, 0.5) is 14.5 Å². The molecule has 1 heterocycles. The fraction of sp³-hybridized carbons (Fsp3) is 0.0870. The van der Waals surface area contributed by atoms with Gasteiger partial charge >= 0.3 is 0 Å². The summed E-state index contributed by atoms with van der Waals surface area (Å²) in [5.41, 5.74) is 0.930. The zero-order valence-corrected chi connectivity index (χ0v) is 18.3. The van der Waals surface area contributed by atoms with Gasteiger partial charge in [-0.3, -0.25) is 14.2 Å². The number of anilines is 1. The van der Waals surface area contributed by atoms with E-state index in [9.17, 15) is 18.4 Å². The number of nitrogens with zero attached hydrogens (tertiary/aromatic N) is 2. The summed E-state index contributed by atoms with van der Waals surface area (Å²) in [6.45, 7) is 0. The smallest absolute Gasteiger partial charge is 0.266 e. The van der Waals surface area contributed by atoms with Crippen LogP contribution in [0.5, 0.6) is 0 Å². The van der Waals surface area contributed by atoms with E-state index in [0.717, 1.165) is 0 Å². The largest absolute Gasteiger partial charge is 0.323 e. The van der Waals surface area contributed by atoms with E-state index in [-0.39, 0.29) is 22.9 Å². The lowest BCUT2D eigenvalue weighted by Crippen LogP contribution is -2.21. The fourth-order valence-electron chi connectivity index (χ4n) is 3.00. The predicted octanol–water partition coefficient (Wildman–Crippen LogP) is 5.09. The monoisotopic (exact) mass is 469 g/mol. The summed E-state index contributed by atoms with van der Waals surface area (Å²) >= 11 is 2.61. The Morgan fingerprint density at radius 2 is 1.69 bits per heavy atom. The third-order valence-electron chi connectivity index (χ3n) is 4.48. The summed E-state index contributed by atoms with van der Waals surface area (Å²) in [4.78, 5) is 29.8. The number of benzene rings is 3. The Kier molecular flexibility index (Phi) is 6.87. The van der Waals surface area contributed by atoms with Crippen molar-refractivity contribution in [3.63, 3.8) is 0 Å². The molecule has 5 nitrogen and oxygen atoms in total. The highest BCUT2D eigenvalue weighted by molar-refractivity contribution is 8.16. The van der Waals surface area contributed by atoms with Crippen LogP contribution in [-0.2, 0) is 4.79 Å². The van der Waals surface area contributed by atoms with Crippen LogP contribution >= 0.6 is 23.5 Å². The Morgan fingerprint density at radius 3 is 2.47 bits per heavy atom. The summed E-state index contributed by atoms with van der Waals surface area (Å²) in [5.74, 6) is -1.12. The van der Waals surface area contributed by atoms with E-state index in [1.165, 1.54) is 64.5 Å². The van der Waals surface area contributed by atoms with Crippen LogP contribution < -0.4 is 10.9 Å². The topological polar surface area (TPSA) is 64.0 Å². The van der Waals surface area contributed by atoms with Crippen molar-refractivity contribution in [2.45, 2.75) is 5.16 Å².